The average Bonchev–Trinajstić information content (AvgIpc) is 3.67. The highest BCUT2D eigenvalue weighted by molar-refractivity contribution is 6.05. The number of aromatic nitrogens is 2. The third kappa shape index (κ3) is 3.82. The van der Waals surface area contributed by atoms with Gasteiger partial charge in [0.15, 0.2) is 0 Å². The Morgan fingerprint density at radius 3 is 2.74 bits per heavy atom. The SMILES string of the molecule is Cc1cc2c(cc1N1Cc3c(cc(N4CCOC4=O)nc3C3CC3)NC1=O)OC(c1ncccc1F)CC2. The summed E-state index contributed by atoms with van der Waals surface area (Å²) >= 11 is 0. The number of halogens is 1. The predicted molar refractivity (Wildman–Crippen MR) is 137 cm³/mol. The van der Waals surface area contributed by atoms with Crippen molar-refractivity contribution in [3.8, 4) is 5.75 Å². The van der Waals surface area contributed by atoms with Crippen LogP contribution in [0.2, 0.25) is 0 Å². The van der Waals surface area contributed by atoms with Crippen molar-refractivity contribution >= 4 is 29.3 Å². The molecule has 1 saturated heterocycles. The number of anilines is 3. The number of rotatable bonds is 4. The molecular weight excluding hydrogens is 489 g/mol. The van der Waals surface area contributed by atoms with Gasteiger partial charge in [-0.25, -0.2) is 19.0 Å². The molecule has 1 N–H and O–H groups in total. The fourth-order valence-electron chi connectivity index (χ4n) is 5.56. The average molecular weight is 516 g/mol. The van der Waals surface area contributed by atoms with E-state index < -0.39 is 12.2 Å². The molecule has 1 saturated carbocycles. The second-order valence-electron chi connectivity index (χ2n) is 10.2. The summed E-state index contributed by atoms with van der Waals surface area (Å²) in [5.74, 6) is 1.06. The van der Waals surface area contributed by atoms with E-state index in [4.69, 9.17) is 14.5 Å². The molecule has 1 unspecified atom stereocenters. The first-order chi connectivity index (χ1) is 18.5. The molecule has 4 aliphatic rings. The van der Waals surface area contributed by atoms with Crippen molar-refractivity contribution in [2.24, 2.45) is 0 Å². The number of pyridine rings is 2. The Labute approximate surface area is 218 Å². The smallest absolute Gasteiger partial charge is 0.415 e. The van der Waals surface area contributed by atoms with E-state index in [1.165, 1.54) is 11.0 Å². The standard InChI is InChI=1S/C28H26FN5O4/c1-15-11-17-6-7-22(26-19(29)3-2-8-30-26)38-23(17)13-21(15)34-14-18-20(31-27(34)35)12-24(32-25(18)16-4-5-16)33-9-10-37-28(33)36/h2-3,8,11-13,16,22H,4-7,9-10,14H2,1H3,(H,31,35). The molecule has 0 spiro atoms. The number of ether oxygens (including phenoxy) is 2. The van der Waals surface area contributed by atoms with Crippen LogP contribution in [0.4, 0.5) is 31.2 Å². The normalized spacial score (nSPS) is 20.4. The number of carbonyl (C=O) groups is 2. The second-order valence-corrected chi connectivity index (χ2v) is 10.2. The Bertz CT molecular complexity index is 1490. The van der Waals surface area contributed by atoms with Crippen LogP contribution >= 0.6 is 0 Å². The summed E-state index contributed by atoms with van der Waals surface area (Å²) in [6.07, 6.45) is 4.06. The summed E-state index contributed by atoms with van der Waals surface area (Å²) in [4.78, 5) is 37.8. The van der Waals surface area contributed by atoms with Gasteiger partial charge in [-0.3, -0.25) is 14.8 Å². The number of hydrogen-bond acceptors (Lipinski definition) is 6. The van der Waals surface area contributed by atoms with Crippen molar-refractivity contribution in [2.75, 3.05) is 28.3 Å². The first-order valence-electron chi connectivity index (χ1n) is 12.9. The number of nitrogens with one attached hydrogen (secondary N) is 1. The maximum Gasteiger partial charge on any atom is 0.415 e. The van der Waals surface area contributed by atoms with Gasteiger partial charge < -0.3 is 14.8 Å². The van der Waals surface area contributed by atoms with E-state index in [1.807, 2.05) is 19.1 Å². The lowest BCUT2D eigenvalue weighted by atomic mass is 9.96. The van der Waals surface area contributed by atoms with Gasteiger partial charge >= 0.3 is 12.1 Å². The molecule has 10 heteroatoms. The number of cyclic esters (lactones) is 1. The number of benzene rings is 1. The molecule has 9 nitrogen and oxygen atoms in total. The molecule has 2 fully saturated rings. The van der Waals surface area contributed by atoms with E-state index >= 15 is 0 Å². The third-order valence-electron chi connectivity index (χ3n) is 7.65. The van der Waals surface area contributed by atoms with Gasteiger partial charge in [0.1, 0.15) is 35.8 Å². The number of nitrogens with zero attached hydrogens (tertiary/aromatic N) is 4. The van der Waals surface area contributed by atoms with Gasteiger partial charge in [-0.05, 0) is 55.9 Å². The monoisotopic (exact) mass is 515 g/mol. The Balaban J connectivity index is 1.23. The first-order valence-corrected chi connectivity index (χ1v) is 12.9. The number of aryl methyl sites for hydroxylation is 2. The fraction of sp³-hybridized carbons (Fsp3) is 0.357. The van der Waals surface area contributed by atoms with Gasteiger partial charge in [0.25, 0.3) is 0 Å². The summed E-state index contributed by atoms with van der Waals surface area (Å²) in [7, 11) is 0. The molecule has 3 amide bonds. The van der Waals surface area contributed by atoms with Crippen molar-refractivity contribution in [3.05, 3.63) is 70.4 Å². The Hall–Kier alpha value is -4.21. The van der Waals surface area contributed by atoms with Crippen LogP contribution in [0.1, 0.15) is 59.4 Å². The van der Waals surface area contributed by atoms with Crippen molar-refractivity contribution < 1.29 is 23.5 Å². The molecule has 0 radical (unpaired) electrons. The van der Waals surface area contributed by atoms with Gasteiger partial charge in [0.05, 0.1) is 30.2 Å². The predicted octanol–water partition coefficient (Wildman–Crippen LogP) is 5.38. The molecule has 7 rings (SSSR count). The maximum absolute atomic E-state index is 14.4. The number of hydrogen-bond donors (Lipinski definition) is 1. The van der Waals surface area contributed by atoms with E-state index in [0.717, 1.165) is 47.3 Å². The molecule has 1 aromatic carbocycles. The van der Waals surface area contributed by atoms with Crippen LogP contribution in [-0.2, 0) is 17.7 Å². The molecule has 194 valence electrons. The highest BCUT2D eigenvalue weighted by atomic mass is 19.1. The maximum atomic E-state index is 14.4. The zero-order valence-electron chi connectivity index (χ0n) is 20.9. The summed E-state index contributed by atoms with van der Waals surface area (Å²) in [5, 5.41) is 3.03. The van der Waals surface area contributed by atoms with Crippen molar-refractivity contribution in [1.82, 2.24) is 9.97 Å². The zero-order valence-corrected chi connectivity index (χ0v) is 20.9. The van der Waals surface area contributed by atoms with Crippen LogP contribution in [-0.4, -0.2) is 35.2 Å². The van der Waals surface area contributed by atoms with Crippen LogP contribution in [0.3, 0.4) is 0 Å². The molecule has 3 aliphatic heterocycles. The molecule has 1 atom stereocenters. The Morgan fingerprint density at radius 2 is 1.97 bits per heavy atom. The summed E-state index contributed by atoms with van der Waals surface area (Å²) in [6, 6.07) is 8.36. The molecule has 38 heavy (non-hydrogen) atoms. The summed E-state index contributed by atoms with van der Waals surface area (Å²) in [6.45, 7) is 3.09. The van der Waals surface area contributed by atoms with Gasteiger partial charge in [-0.2, -0.15) is 0 Å². The minimum atomic E-state index is -0.489. The van der Waals surface area contributed by atoms with Crippen LogP contribution < -0.4 is 19.9 Å². The minimum Gasteiger partial charge on any atom is -0.484 e. The van der Waals surface area contributed by atoms with Crippen LogP contribution in [0.15, 0.2) is 36.5 Å². The van der Waals surface area contributed by atoms with E-state index in [1.54, 1.807) is 23.2 Å². The van der Waals surface area contributed by atoms with Gasteiger partial charge in [-0.15, -0.1) is 0 Å². The van der Waals surface area contributed by atoms with Crippen LogP contribution in [0.5, 0.6) is 5.75 Å². The van der Waals surface area contributed by atoms with Crippen LogP contribution in [0, 0.1) is 12.7 Å². The highest BCUT2D eigenvalue weighted by Crippen LogP contribution is 2.46. The summed E-state index contributed by atoms with van der Waals surface area (Å²) < 4.78 is 25.7. The van der Waals surface area contributed by atoms with E-state index in [0.29, 0.717) is 55.0 Å². The van der Waals surface area contributed by atoms with Crippen LogP contribution in [0.25, 0.3) is 0 Å². The topological polar surface area (TPSA) is 96.9 Å². The largest absolute Gasteiger partial charge is 0.484 e. The molecule has 0 bridgehead atoms. The molecule has 1 aliphatic carbocycles. The van der Waals surface area contributed by atoms with Gasteiger partial charge in [-0.1, -0.05) is 6.07 Å². The first kappa shape index (κ1) is 22.9. The Kier molecular flexibility index (Phi) is 5.24. The van der Waals surface area contributed by atoms with Crippen molar-refractivity contribution in [2.45, 2.75) is 51.2 Å². The number of carbonyl (C=O) groups excluding carboxylic acids is 2. The van der Waals surface area contributed by atoms with E-state index in [9.17, 15) is 14.0 Å². The van der Waals surface area contributed by atoms with Gasteiger partial charge in [0.2, 0.25) is 0 Å². The lowest BCUT2D eigenvalue weighted by Crippen LogP contribution is -2.40. The van der Waals surface area contributed by atoms with E-state index in [2.05, 4.69) is 10.3 Å². The van der Waals surface area contributed by atoms with Crippen molar-refractivity contribution in [3.63, 3.8) is 0 Å². The number of urea groups is 1. The highest BCUT2D eigenvalue weighted by Gasteiger charge is 2.37. The number of amides is 3. The second kappa shape index (κ2) is 8.68. The van der Waals surface area contributed by atoms with Gasteiger partial charge in [0, 0.05) is 29.8 Å². The molecule has 3 aromatic rings. The lowest BCUT2D eigenvalue weighted by Gasteiger charge is -2.34. The lowest BCUT2D eigenvalue weighted by molar-refractivity contribution is 0.167. The Morgan fingerprint density at radius 1 is 1.11 bits per heavy atom. The number of fused-ring (bicyclic) bond motifs is 2. The zero-order chi connectivity index (χ0) is 26.0. The molecular formula is C28H26FN5O4. The molecule has 2 aromatic heterocycles. The van der Waals surface area contributed by atoms with E-state index in [-0.39, 0.29) is 11.8 Å². The third-order valence-corrected chi connectivity index (χ3v) is 7.65. The van der Waals surface area contributed by atoms with Crippen molar-refractivity contribution in [1.29, 1.82) is 0 Å². The molecule has 5 heterocycles. The minimum absolute atomic E-state index is 0.272. The quantitative estimate of drug-likeness (QED) is 0.501. The summed E-state index contributed by atoms with van der Waals surface area (Å²) in [5.41, 5.74) is 5.54. The fourth-order valence-corrected chi connectivity index (χ4v) is 5.56.